The monoisotopic (exact) mass is 347 g/mol. The quantitative estimate of drug-likeness (QED) is 0.619. The summed E-state index contributed by atoms with van der Waals surface area (Å²) in [7, 11) is 0. The first-order chi connectivity index (χ1) is 11.4. The first-order valence-electron chi connectivity index (χ1n) is 7.25. The van der Waals surface area contributed by atoms with Crippen LogP contribution in [0.25, 0.3) is 0 Å². The molecule has 24 heavy (non-hydrogen) atoms. The van der Waals surface area contributed by atoms with E-state index in [1.54, 1.807) is 24.3 Å². The van der Waals surface area contributed by atoms with Crippen LogP contribution in [0.1, 0.15) is 38.8 Å². The largest absolute Gasteiger partial charge is 0.507 e. The SMILES string of the molecule is CC(=O)NCc1ccc(C(=O)C(C)OC(=O)c2ccccc2O)s1. The molecule has 126 valence electrons. The van der Waals surface area contributed by atoms with E-state index in [-0.39, 0.29) is 23.0 Å². The average molecular weight is 347 g/mol. The zero-order valence-electron chi connectivity index (χ0n) is 13.2. The van der Waals surface area contributed by atoms with Gasteiger partial charge in [0.25, 0.3) is 0 Å². The molecule has 1 aromatic carbocycles. The average Bonchev–Trinajstić information content (AvgIpc) is 3.01. The Kier molecular flexibility index (Phi) is 5.70. The van der Waals surface area contributed by atoms with Crippen molar-refractivity contribution in [3.63, 3.8) is 0 Å². The molecule has 6 nitrogen and oxygen atoms in total. The number of carbonyl (C=O) groups is 3. The van der Waals surface area contributed by atoms with Crippen LogP contribution in [-0.4, -0.2) is 28.9 Å². The van der Waals surface area contributed by atoms with Crippen LogP contribution in [0.3, 0.4) is 0 Å². The van der Waals surface area contributed by atoms with E-state index in [9.17, 15) is 19.5 Å². The minimum atomic E-state index is -0.982. The van der Waals surface area contributed by atoms with E-state index in [2.05, 4.69) is 5.32 Å². The van der Waals surface area contributed by atoms with Gasteiger partial charge in [0.05, 0.1) is 11.4 Å². The molecule has 0 aliphatic carbocycles. The second-order valence-electron chi connectivity index (χ2n) is 5.10. The number of Topliss-reactive ketones (excluding diaryl/α,β-unsaturated/α-hetero) is 1. The van der Waals surface area contributed by atoms with Gasteiger partial charge in [-0.3, -0.25) is 9.59 Å². The van der Waals surface area contributed by atoms with E-state index < -0.39 is 12.1 Å². The number of phenols is 1. The Hall–Kier alpha value is -2.67. The number of carbonyl (C=O) groups excluding carboxylic acids is 3. The predicted molar refractivity (Wildman–Crippen MR) is 89.2 cm³/mol. The van der Waals surface area contributed by atoms with Crippen molar-refractivity contribution in [1.29, 1.82) is 0 Å². The zero-order chi connectivity index (χ0) is 17.7. The fourth-order valence-electron chi connectivity index (χ4n) is 1.94. The third kappa shape index (κ3) is 4.42. The molecular formula is C17H17NO5S. The van der Waals surface area contributed by atoms with Crippen LogP contribution in [0.4, 0.5) is 0 Å². The molecule has 1 aromatic heterocycles. The Bertz CT molecular complexity index is 768. The summed E-state index contributed by atoms with van der Waals surface area (Å²) in [6.07, 6.45) is -0.982. The van der Waals surface area contributed by atoms with Crippen molar-refractivity contribution in [1.82, 2.24) is 5.32 Å². The highest BCUT2D eigenvalue weighted by molar-refractivity contribution is 7.14. The van der Waals surface area contributed by atoms with Gasteiger partial charge >= 0.3 is 5.97 Å². The highest BCUT2D eigenvalue weighted by Crippen LogP contribution is 2.21. The fourth-order valence-corrected chi connectivity index (χ4v) is 2.91. The molecule has 0 saturated carbocycles. The lowest BCUT2D eigenvalue weighted by Crippen LogP contribution is -2.23. The van der Waals surface area contributed by atoms with Gasteiger partial charge in [0.15, 0.2) is 6.10 Å². The zero-order valence-corrected chi connectivity index (χ0v) is 14.1. The molecule has 0 fully saturated rings. The van der Waals surface area contributed by atoms with Gasteiger partial charge in [-0.25, -0.2) is 4.79 Å². The Morgan fingerprint density at radius 2 is 1.92 bits per heavy atom. The normalized spacial score (nSPS) is 11.6. The maximum atomic E-state index is 12.3. The number of ketones is 1. The van der Waals surface area contributed by atoms with Gasteiger partial charge in [0.2, 0.25) is 11.7 Å². The van der Waals surface area contributed by atoms with E-state index in [1.807, 2.05) is 0 Å². The van der Waals surface area contributed by atoms with E-state index in [0.717, 1.165) is 4.88 Å². The molecule has 0 aliphatic rings. The molecule has 1 heterocycles. The molecule has 7 heteroatoms. The number of esters is 1. The Morgan fingerprint density at radius 3 is 2.58 bits per heavy atom. The van der Waals surface area contributed by atoms with Crippen LogP contribution in [0.5, 0.6) is 5.75 Å². The Balaban J connectivity index is 2.00. The lowest BCUT2D eigenvalue weighted by Gasteiger charge is -2.12. The molecule has 2 rings (SSSR count). The molecular weight excluding hydrogens is 330 g/mol. The van der Waals surface area contributed by atoms with Crippen molar-refractivity contribution in [2.45, 2.75) is 26.5 Å². The second kappa shape index (κ2) is 7.74. The summed E-state index contributed by atoms with van der Waals surface area (Å²) < 4.78 is 5.13. The molecule has 0 bridgehead atoms. The third-order valence-electron chi connectivity index (χ3n) is 3.19. The van der Waals surface area contributed by atoms with E-state index in [4.69, 9.17) is 4.74 Å². The molecule has 1 atom stereocenters. The highest BCUT2D eigenvalue weighted by Gasteiger charge is 2.23. The van der Waals surface area contributed by atoms with Crippen molar-refractivity contribution in [3.8, 4) is 5.75 Å². The number of ether oxygens (including phenoxy) is 1. The lowest BCUT2D eigenvalue weighted by atomic mass is 10.2. The molecule has 2 aromatic rings. The lowest BCUT2D eigenvalue weighted by molar-refractivity contribution is -0.119. The molecule has 0 spiro atoms. The van der Waals surface area contributed by atoms with Crippen molar-refractivity contribution in [2.24, 2.45) is 0 Å². The number of aromatic hydroxyl groups is 1. The van der Waals surface area contributed by atoms with Crippen LogP contribution in [0.2, 0.25) is 0 Å². The molecule has 1 amide bonds. The van der Waals surface area contributed by atoms with Gasteiger partial charge < -0.3 is 15.2 Å². The maximum absolute atomic E-state index is 12.3. The summed E-state index contributed by atoms with van der Waals surface area (Å²) in [5.41, 5.74) is 0.00896. The minimum absolute atomic E-state index is 0.00896. The van der Waals surface area contributed by atoms with E-state index >= 15 is 0 Å². The van der Waals surface area contributed by atoms with Gasteiger partial charge in [0.1, 0.15) is 11.3 Å². The van der Waals surface area contributed by atoms with E-state index in [1.165, 1.54) is 37.3 Å². The molecule has 2 N–H and O–H groups in total. The van der Waals surface area contributed by atoms with Crippen molar-refractivity contribution in [3.05, 3.63) is 51.7 Å². The number of benzene rings is 1. The number of rotatable bonds is 6. The minimum Gasteiger partial charge on any atom is -0.507 e. The standard InChI is InChI=1S/C17H17NO5S/c1-10(23-17(22)13-5-3-4-6-14(13)20)16(21)15-8-7-12(24-15)9-18-11(2)19/h3-8,10,20H,9H2,1-2H3,(H,18,19). The van der Waals surface area contributed by atoms with Crippen LogP contribution >= 0.6 is 11.3 Å². The molecule has 1 unspecified atom stereocenters. The number of amides is 1. The maximum Gasteiger partial charge on any atom is 0.342 e. The van der Waals surface area contributed by atoms with Crippen molar-refractivity contribution >= 4 is 29.0 Å². The van der Waals surface area contributed by atoms with Gasteiger partial charge in [-0.2, -0.15) is 0 Å². The van der Waals surface area contributed by atoms with Gasteiger partial charge in [-0.1, -0.05) is 12.1 Å². The number of hydrogen-bond acceptors (Lipinski definition) is 6. The van der Waals surface area contributed by atoms with Crippen LogP contribution in [-0.2, 0) is 16.1 Å². The van der Waals surface area contributed by atoms with Gasteiger partial charge in [-0.05, 0) is 31.2 Å². The molecule has 0 saturated heterocycles. The van der Waals surface area contributed by atoms with Crippen molar-refractivity contribution in [2.75, 3.05) is 0 Å². The number of phenolic OH excluding ortho intramolecular Hbond substituents is 1. The number of nitrogens with one attached hydrogen (secondary N) is 1. The summed E-state index contributed by atoms with van der Waals surface area (Å²) in [5.74, 6) is -1.45. The van der Waals surface area contributed by atoms with Crippen LogP contribution in [0, 0.1) is 0 Å². The number of thiophene rings is 1. The topological polar surface area (TPSA) is 92.7 Å². The second-order valence-corrected chi connectivity index (χ2v) is 6.27. The summed E-state index contributed by atoms with van der Waals surface area (Å²) in [5, 5.41) is 12.3. The Labute approximate surface area is 143 Å². The summed E-state index contributed by atoms with van der Waals surface area (Å²) in [6, 6.07) is 9.35. The number of hydrogen-bond donors (Lipinski definition) is 2. The summed E-state index contributed by atoms with van der Waals surface area (Å²) in [6.45, 7) is 3.24. The van der Waals surface area contributed by atoms with Gasteiger partial charge in [-0.15, -0.1) is 11.3 Å². The fraction of sp³-hybridized carbons (Fsp3) is 0.235. The molecule has 0 radical (unpaired) electrons. The summed E-state index contributed by atoms with van der Waals surface area (Å²) in [4.78, 5) is 36.5. The Morgan fingerprint density at radius 1 is 1.21 bits per heavy atom. The first kappa shape index (κ1) is 17.7. The molecule has 0 aliphatic heterocycles. The summed E-state index contributed by atoms with van der Waals surface area (Å²) >= 11 is 1.23. The first-order valence-corrected chi connectivity index (χ1v) is 8.06. The predicted octanol–water partition coefficient (Wildman–Crippen LogP) is 2.52. The van der Waals surface area contributed by atoms with E-state index in [0.29, 0.717) is 11.4 Å². The third-order valence-corrected chi connectivity index (χ3v) is 4.29. The smallest absolute Gasteiger partial charge is 0.342 e. The number of para-hydroxylation sites is 1. The van der Waals surface area contributed by atoms with Crippen molar-refractivity contribution < 1.29 is 24.2 Å². The highest BCUT2D eigenvalue weighted by atomic mass is 32.1. The van der Waals surface area contributed by atoms with Crippen LogP contribution in [0.15, 0.2) is 36.4 Å². The van der Waals surface area contributed by atoms with Crippen LogP contribution < -0.4 is 5.32 Å². The van der Waals surface area contributed by atoms with Gasteiger partial charge in [0, 0.05) is 11.8 Å².